The summed E-state index contributed by atoms with van der Waals surface area (Å²) in [6, 6.07) is 3.86. The lowest BCUT2D eigenvalue weighted by molar-refractivity contribution is 0.393. The Balaban J connectivity index is 2.81. The summed E-state index contributed by atoms with van der Waals surface area (Å²) in [6.07, 6.45) is 0. The van der Waals surface area contributed by atoms with Gasteiger partial charge in [0.1, 0.15) is 0 Å². The third-order valence-electron chi connectivity index (χ3n) is 2.55. The molecule has 0 bridgehead atoms. The maximum Gasteiger partial charge on any atom is 0.311 e. The molecule has 0 atom stereocenters. The summed E-state index contributed by atoms with van der Waals surface area (Å²) in [4.78, 5) is 18.5. The summed E-state index contributed by atoms with van der Waals surface area (Å²) in [5.74, 6) is 0.0958. The Kier molecular flexibility index (Phi) is 2.96. The zero-order valence-corrected chi connectivity index (χ0v) is 10.6. The number of aromatic nitrogens is 2. The van der Waals surface area contributed by atoms with Crippen molar-refractivity contribution >= 4 is 27.0 Å². The van der Waals surface area contributed by atoms with Crippen molar-refractivity contribution in [3.8, 4) is 5.88 Å². The van der Waals surface area contributed by atoms with Crippen LogP contribution in [0.4, 0.5) is 0 Å². The van der Waals surface area contributed by atoms with Gasteiger partial charge >= 0.3 is 5.56 Å². The first-order chi connectivity index (χ1) is 7.67. The normalized spacial score (nSPS) is 10.7. The number of hydrogen-bond donors (Lipinski definition) is 1. The summed E-state index contributed by atoms with van der Waals surface area (Å²) in [5.41, 5.74) is 3.36. The molecule has 84 valence electrons. The topological polar surface area (TPSA) is 55.0 Å². The number of ether oxygens (including phenoxy) is 1. The third-order valence-corrected chi connectivity index (χ3v) is 3.15. The number of alkyl halides is 1. The number of aryl methyl sites for hydroxylation is 1. The number of hydrogen-bond acceptors (Lipinski definition) is 3. The van der Waals surface area contributed by atoms with E-state index in [4.69, 9.17) is 4.74 Å². The molecule has 0 aliphatic carbocycles. The van der Waals surface area contributed by atoms with Gasteiger partial charge in [0, 0.05) is 5.33 Å². The number of rotatable bonds is 2. The van der Waals surface area contributed by atoms with E-state index in [-0.39, 0.29) is 11.4 Å². The van der Waals surface area contributed by atoms with Gasteiger partial charge in [-0.15, -0.1) is 0 Å². The molecule has 1 N–H and O–H groups in total. The van der Waals surface area contributed by atoms with Crippen LogP contribution in [0.25, 0.3) is 11.0 Å². The zero-order chi connectivity index (χ0) is 11.7. The van der Waals surface area contributed by atoms with E-state index in [0.717, 1.165) is 27.5 Å². The molecule has 2 aromatic rings. The first-order valence-corrected chi connectivity index (χ1v) is 5.92. The quantitative estimate of drug-likeness (QED) is 0.859. The van der Waals surface area contributed by atoms with Gasteiger partial charge in [0.2, 0.25) is 0 Å². The minimum absolute atomic E-state index is 0.0958. The molecule has 5 heteroatoms. The molecule has 4 nitrogen and oxygen atoms in total. The van der Waals surface area contributed by atoms with Crippen molar-refractivity contribution in [3.63, 3.8) is 0 Å². The van der Waals surface area contributed by atoms with Crippen LogP contribution in [0.1, 0.15) is 11.1 Å². The minimum atomic E-state index is -0.301. The zero-order valence-electron chi connectivity index (χ0n) is 9.00. The van der Waals surface area contributed by atoms with Crippen LogP contribution >= 0.6 is 15.9 Å². The van der Waals surface area contributed by atoms with Gasteiger partial charge in [0.05, 0.1) is 18.1 Å². The highest BCUT2D eigenvalue weighted by Gasteiger charge is 2.08. The molecule has 0 saturated carbocycles. The first-order valence-electron chi connectivity index (χ1n) is 4.80. The number of benzene rings is 1. The van der Waals surface area contributed by atoms with Crippen molar-refractivity contribution in [1.29, 1.82) is 0 Å². The lowest BCUT2D eigenvalue weighted by Crippen LogP contribution is -2.12. The fourth-order valence-corrected chi connectivity index (χ4v) is 2.21. The van der Waals surface area contributed by atoms with Gasteiger partial charge in [-0.25, -0.2) is 4.98 Å². The fourth-order valence-electron chi connectivity index (χ4n) is 1.60. The van der Waals surface area contributed by atoms with E-state index in [9.17, 15) is 4.79 Å². The van der Waals surface area contributed by atoms with E-state index in [1.165, 1.54) is 7.11 Å². The van der Waals surface area contributed by atoms with Crippen LogP contribution in [0.5, 0.6) is 5.88 Å². The Hall–Kier alpha value is -1.36. The molecule has 2 rings (SSSR count). The number of aromatic amines is 1. The standard InChI is InChI=1S/C11H11BrN2O2/c1-6-7(5-12)3-4-8-9(6)14-10(15)11(13-8)16-2/h3-4H,5H2,1-2H3,(H,14,15). The maximum atomic E-state index is 11.6. The molecular weight excluding hydrogens is 272 g/mol. The number of nitrogens with one attached hydrogen (secondary N) is 1. The molecule has 1 aromatic heterocycles. The Morgan fingerprint density at radius 2 is 2.25 bits per heavy atom. The first kappa shape index (κ1) is 11.1. The predicted molar refractivity (Wildman–Crippen MR) is 66.3 cm³/mol. The van der Waals surface area contributed by atoms with Crippen LogP contribution < -0.4 is 10.3 Å². The molecule has 0 spiro atoms. The third kappa shape index (κ3) is 1.71. The molecule has 0 radical (unpaired) electrons. The second-order valence-electron chi connectivity index (χ2n) is 3.45. The van der Waals surface area contributed by atoms with Crippen molar-refractivity contribution in [2.75, 3.05) is 7.11 Å². The fraction of sp³-hybridized carbons (Fsp3) is 0.273. The average Bonchev–Trinajstić information content (AvgIpc) is 2.30. The summed E-state index contributed by atoms with van der Waals surface area (Å²) in [5, 5.41) is 0.753. The van der Waals surface area contributed by atoms with E-state index in [1.54, 1.807) is 0 Å². The monoisotopic (exact) mass is 282 g/mol. The van der Waals surface area contributed by atoms with Crippen molar-refractivity contribution < 1.29 is 4.74 Å². The van der Waals surface area contributed by atoms with Gasteiger partial charge in [-0.05, 0) is 24.1 Å². The molecule has 0 aliphatic heterocycles. The maximum absolute atomic E-state index is 11.6. The average molecular weight is 283 g/mol. The number of H-pyrrole nitrogens is 1. The van der Waals surface area contributed by atoms with Crippen LogP contribution in [0.2, 0.25) is 0 Å². The summed E-state index contributed by atoms with van der Waals surface area (Å²) < 4.78 is 4.89. The van der Waals surface area contributed by atoms with Crippen LogP contribution in [0.15, 0.2) is 16.9 Å². The Morgan fingerprint density at radius 3 is 2.88 bits per heavy atom. The van der Waals surface area contributed by atoms with Crippen molar-refractivity contribution in [2.45, 2.75) is 12.3 Å². The van der Waals surface area contributed by atoms with Crippen LogP contribution in [0, 0.1) is 6.92 Å². The minimum Gasteiger partial charge on any atom is -0.477 e. The van der Waals surface area contributed by atoms with Gasteiger partial charge in [0.25, 0.3) is 5.88 Å². The largest absolute Gasteiger partial charge is 0.477 e. The van der Waals surface area contributed by atoms with Crippen LogP contribution in [-0.4, -0.2) is 17.1 Å². The summed E-state index contributed by atoms with van der Waals surface area (Å²) in [7, 11) is 1.43. The Labute approximate surface area is 101 Å². The van der Waals surface area contributed by atoms with E-state index >= 15 is 0 Å². The smallest absolute Gasteiger partial charge is 0.311 e. The number of fused-ring (bicyclic) bond motifs is 1. The summed E-state index contributed by atoms with van der Waals surface area (Å²) >= 11 is 3.40. The molecule has 0 fully saturated rings. The van der Waals surface area contributed by atoms with E-state index in [1.807, 2.05) is 19.1 Å². The number of nitrogens with zero attached hydrogens (tertiary/aromatic N) is 1. The van der Waals surface area contributed by atoms with Gasteiger partial charge in [-0.3, -0.25) is 4.79 Å². The van der Waals surface area contributed by atoms with Crippen molar-refractivity contribution in [1.82, 2.24) is 9.97 Å². The lowest BCUT2D eigenvalue weighted by Gasteiger charge is -2.07. The Bertz CT molecular complexity index is 592. The molecule has 1 aromatic carbocycles. The molecule has 0 aliphatic rings. The highest BCUT2D eigenvalue weighted by molar-refractivity contribution is 9.08. The van der Waals surface area contributed by atoms with Crippen LogP contribution in [0.3, 0.4) is 0 Å². The molecular formula is C11H11BrN2O2. The van der Waals surface area contributed by atoms with E-state index in [0.29, 0.717) is 0 Å². The van der Waals surface area contributed by atoms with E-state index < -0.39 is 0 Å². The van der Waals surface area contributed by atoms with Crippen molar-refractivity contribution in [2.24, 2.45) is 0 Å². The highest BCUT2D eigenvalue weighted by Crippen LogP contribution is 2.20. The van der Waals surface area contributed by atoms with E-state index in [2.05, 4.69) is 25.9 Å². The molecule has 16 heavy (non-hydrogen) atoms. The molecule has 0 saturated heterocycles. The number of methoxy groups -OCH3 is 1. The SMILES string of the molecule is COc1nc2ccc(CBr)c(C)c2[nH]c1=O. The Morgan fingerprint density at radius 1 is 1.50 bits per heavy atom. The highest BCUT2D eigenvalue weighted by atomic mass is 79.9. The predicted octanol–water partition coefficient (Wildman–Crippen LogP) is 2.14. The molecule has 0 amide bonds. The van der Waals surface area contributed by atoms with Crippen LogP contribution in [-0.2, 0) is 5.33 Å². The lowest BCUT2D eigenvalue weighted by atomic mass is 10.1. The number of halogens is 1. The second-order valence-corrected chi connectivity index (χ2v) is 4.01. The summed E-state index contributed by atoms with van der Waals surface area (Å²) in [6.45, 7) is 1.96. The molecule has 1 heterocycles. The van der Waals surface area contributed by atoms with Gasteiger partial charge in [0.15, 0.2) is 0 Å². The second kappa shape index (κ2) is 4.25. The van der Waals surface area contributed by atoms with Crippen molar-refractivity contribution in [3.05, 3.63) is 33.6 Å². The van der Waals surface area contributed by atoms with Gasteiger partial charge < -0.3 is 9.72 Å². The molecule has 0 unspecified atom stereocenters. The van der Waals surface area contributed by atoms with Gasteiger partial charge in [-0.1, -0.05) is 22.0 Å². The van der Waals surface area contributed by atoms with Gasteiger partial charge in [-0.2, -0.15) is 0 Å².